The predicted molar refractivity (Wildman–Crippen MR) is 212 cm³/mol. The minimum atomic E-state index is 0.589. The van der Waals surface area contributed by atoms with Crippen molar-refractivity contribution in [2.24, 2.45) is 0 Å². The highest BCUT2D eigenvalue weighted by Gasteiger charge is 2.22. The minimum absolute atomic E-state index is 0.589. The van der Waals surface area contributed by atoms with Gasteiger partial charge in [-0.05, 0) is 60.7 Å². The molecule has 0 saturated carbocycles. The zero-order chi connectivity index (χ0) is 33.5. The van der Waals surface area contributed by atoms with Gasteiger partial charge in [0, 0.05) is 58.5 Å². The first-order chi connectivity index (χ1) is 25.3. The summed E-state index contributed by atoms with van der Waals surface area (Å²) in [6.45, 7) is 0. The average molecular weight is 670 g/mol. The molecule has 5 nitrogen and oxygen atoms in total. The van der Waals surface area contributed by atoms with Crippen LogP contribution in [0.15, 0.2) is 164 Å². The van der Waals surface area contributed by atoms with Crippen LogP contribution >= 0.6 is 11.3 Å². The van der Waals surface area contributed by atoms with Crippen LogP contribution in [0.1, 0.15) is 0 Å². The van der Waals surface area contributed by atoms with E-state index in [9.17, 15) is 0 Å². The van der Waals surface area contributed by atoms with Gasteiger partial charge in [0.05, 0.1) is 22.1 Å². The Morgan fingerprint density at radius 2 is 0.922 bits per heavy atom. The van der Waals surface area contributed by atoms with Gasteiger partial charge in [0.15, 0.2) is 11.6 Å². The zero-order valence-electron chi connectivity index (χ0n) is 27.2. The highest BCUT2D eigenvalue weighted by atomic mass is 32.1. The largest absolute Gasteiger partial charge is 0.309 e. The molecule has 4 aromatic heterocycles. The zero-order valence-corrected chi connectivity index (χ0v) is 28.0. The minimum Gasteiger partial charge on any atom is -0.309 e. The van der Waals surface area contributed by atoms with E-state index in [1.807, 2.05) is 29.5 Å². The van der Waals surface area contributed by atoms with Crippen LogP contribution in [0.5, 0.6) is 0 Å². The normalized spacial score (nSPS) is 11.9. The molecule has 0 spiro atoms. The third kappa shape index (κ3) is 4.24. The van der Waals surface area contributed by atoms with Gasteiger partial charge in [-0.15, -0.1) is 11.3 Å². The van der Waals surface area contributed by atoms with Gasteiger partial charge in [-0.25, -0.2) is 4.98 Å². The molecule has 11 rings (SSSR count). The topological polar surface area (TPSA) is 48.5 Å². The number of aromatic nitrogens is 5. The second kappa shape index (κ2) is 10.9. The third-order valence-electron chi connectivity index (χ3n) is 9.98. The van der Waals surface area contributed by atoms with E-state index in [-0.39, 0.29) is 0 Å². The highest BCUT2D eigenvalue weighted by Crippen LogP contribution is 2.42. The van der Waals surface area contributed by atoms with Crippen molar-refractivity contribution in [1.82, 2.24) is 24.1 Å². The van der Waals surface area contributed by atoms with Crippen molar-refractivity contribution in [3.8, 4) is 34.4 Å². The number of benzene rings is 7. The maximum Gasteiger partial charge on any atom is 0.238 e. The lowest BCUT2D eigenvalue weighted by molar-refractivity contribution is 0.954. The van der Waals surface area contributed by atoms with Crippen LogP contribution in [-0.2, 0) is 0 Å². The second-order valence-corrected chi connectivity index (χ2v) is 13.9. The highest BCUT2D eigenvalue weighted by molar-refractivity contribution is 7.25. The van der Waals surface area contributed by atoms with E-state index in [1.54, 1.807) is 0 Å². The monoisotopic (exact) mass is 669 g/mol. The molecule has 0 bridgehead atoms. The Morgan fingerprint density at radius 1 is 0.373 bits per heavy atom. The molecule has 0 aliphatic rings. The number of para-hydroxylation sites is 3. The molecule has 0 unspecified atom stereocenters. The van der Waals surface area contributed by atoms with Gasteiger partial charge < -0.3 is 4.57 Å². The predicted octanol–water partition coefficient (Wildman–Crippen LogP) is 11.8. The van der Waals surface area contributed by atoms with E-state index < -0.39 is 0 Å². The Bertz CT molecular complexity index is 3140. The number of rotatable bonds is 4. The van der Waals surface area contributed by atoms with Gasteiger partial charge in [0.25, 0.3) is 0 Å². The Morgan fingerprint density at radius 3 is 1.65 bits per heavy atom. The molecule has 6 heteroatoms. The Balaban J connectivity index is 1.23. The quantitative estimate of drug-likeness (QED) is 0.187. The summed E-state index contributed by atoms with van der Waals surface area (Å²) in [5.74, 6) is 1.87. The molecule has 0 radical (unpaired) electrons. The van der Waals surface area contributed by atoms with Gasteiger partial charge in [-0.2, -0.15) is 9.97 Å². The summed E-state index contributed by atoms with van der Waals surface area (Å²) < 4.78 is 7.11. The van der Waals surface area contributed by atoms with Crippen LogP contribution in [0.4, 0.5) is 0 Å². The lowest BCUT2D eigenvalue weighted by Crippen LogP contribution is -2.06. The van der Waals surface area contributed by atoms with E-state index in [4.69, 9.17) is 15.0 Å². The smallest absolute Gasteiger partial charge is 0.238 e. The summed E-state index contributed by atoms with van der Waals surface area (Å²) in [4.78, 5) is 15.6. The van der Waals surface area contributed by atoms with Gasteiger partial charge in [0.2, 0.25) is 5.95 Å². The lowest BCUT2D eigenvalue weighted by atomic mass is 10.1. The van der Waals surface area contributed by atoms with Crippen LogP contribution in [0, 0.1) is 0 Å². The van der Waals surface area contributed by atoms with Crippen LogP contribution in [0.25, 0.3) is 98.2 Å². The molecule has 51 heavy (non-hydrogen) atoms. The van der Waals surface area contributed by atoms with E-state index in [0.717, 1.165) is 38.8 Å². The number of fused-ring (bicyclic) bond motifs is 10. The average Bonchev–Trinajstić information content (AvgIpc) is 3.85. The molecular formula is C45H27N5S. The summed E-state index contributed by atoms with van der Waals surface area (Å²) in [6, 6.07) is 57.7. The van der Waals surface area contributed by atoms with E-state index in [2.05, 4.69) is 155 Å². The number of nitrogens with zero attached hydrogens (tertiary/aromatic N) is 5. The van der Waals surface area contributed by atoms with Crippen molar-refractivity contribution in [1.29, 1.82) is 0 Å². The third-order valence-corrected chi connectivity index (χ3v) is 11.1. The van der Waals surface area contributed by atoms with Gasteiger partial charge >= 0.3 is 0 Å². The lowest BCUT2D eigenvalue weighted by Gasteiger charge is -2.11. The molecule has 7 aromatic carbocycles. The molecule has 0 saturated heterocycles. The Labute approximate surface area is 296 Å². The summed E-state index contributed by atoms with van der Waals surface area (Å²) in [5, 5.41) is 7.23. The number of hydrogen-bond acceptors (Lipinski definition) is 4. The van der Waals surface area contributed by atoms with E-state index in [0.29, 0.717) is 17.6 Å². The van der Waals surface area contributed by atoms with E-state index >= 15 is 0 Å². The summed E-state index contributed by atoms with van der Waals surface area (Å²) >= 11 is 1.81. The first-order valence-electron chi connectivity index (χ1n) is 17.0. The molecule has 0 atom stereocenters. The maximum atomic E-state index is 5.28. The SMILES string of the molecule is c1ccc(-c2nc(-c3ccc4sc5ccccc5c4c3)nc(-n3c4ccccc4c4c5c6ccccc6n(-c6ccccc6)c5ccc43)n2)cc1. The Hall–Kier alpha value is -6.63. The molecule has 0 aliphatic heterocycles. The molecule has 238 valence electrons. The van der Waals surface area contributed by atoms with E-state index in [1.165, 1.54) is 41.8 Å². The number of hydrogen-bond donors (Lipinski definition) is 0. The number of thiophene rings is 1. The first-order valence-corrected chi connectivity index (χ1v) is 17.9. The fraction of sp³-hybridized carbons (Fsp3) is 0. The molecule has 0 amide bonds. The molecule has 4 heterocycles. The van der Waals surface area contributed by atoms with Crippen molar-refractivity contribution in [3.05, 3.63) is 164 Å². The molecule has 0 fully saturated rings. The summed E-state index contributed by atoms with van der Waals surface area (Å²) in [6.07, 6.45) is 0. The summed E-state index contributed by atoms with van der Waals surface area (Å²) in [5.41, 5.74) is 7.47. The second-order valence-electron chi connectivity index (χ2n) is 12.9. The van der Waals surface area contributed by atoms with Gasteiger partial charge in [0.1, 0.15) is 0 Å². The van der Waals surface area contributed by atoms with Crippen LogP contribution < -0.4 is 0 Å². The Kier molecular flexibility index (Phi) is 6.05. The van der Waals surface area contributed by atoms with Crippen molar-refractivity contribution in [2.75, 3.05) is 0 Å². The first kappa shape index (κ1) is 28.2. The summed E-state index contributed by atoms with van der Waals surface area (Å²) in [7, 11) is 0. The molecule has 11 aromatic rings. The van der Waals surface area contributed by atoms with Crippen LogP contribution in [0.3, 0.4) is 0 Å². The maximum absolute atomic E-state index is 5.28. The van der Waals surface area contributed by atoms with Crippen molar-refractivity contribution in [3.63, 3.8) is 0 Å². The van der Waals surface area contributed by atoms with Crippen molar-refractivity contribution in [2.45, 2.75) is 0 Å². The van der Waals surface area contributed by atoms with Crippen LogP contribution in [0.2, 0.25) is 0 Å². The standard InChI is InChI=1S/C45H27N5S/c1-3-13-28(14-4-1)43-46-44(29-23-26-40-34(27-29)31-17-9-12-22-39(31)51-40)48-45(47-43)50-36-21-11-8-19-33(36)42-38(50)25-24-37-41(42)32-18-7-10-20-35(32)49(37)30-15-5-2-6-16-30/h1-27H. The van der Waals surface area contributed by atoms with Crippen molar-refractivity contribution < 1.29 is 0 Å². The molecule has 0 N–H and O–H groups in total. The fourth-order valence-electron chi connectivity index (χ4n) is 7.76. The molecule has 0 aliphatic carbocycles. The van der Waals surface area contributed by atoms with Gasteiger partial charge in [-0.3, -0.25) is 4.57 Å². The fourth-order valence-corrected chi connectivity index (χ4v) is 8.85. The molecular weight excluding hydrogens is 643 g/mol. The van der Waals surface area contributed by atoms with Crippen molar-refractivity contribution >= 4 is 75.1 Å². The van der Waals surface area contributed by atoms with Gasteiger partial charge in [-0.1, -0.05) is 103 Å². The van der Waals surface area contributed by atoms with Crippen LogP contribution in [-0.4, -0.2) is 24.1 Å².